The Morgan fingerprint density at radius 2 is 2.33 bits per heavy atom. The van der Waals surface area contributed by atoms with E-state index in [2.05, 4.69) is 0 Å². The zero-order chi connectivity index (χ0) is 7.28. The number of aliphatic hydroxyl groups is 1. The van der Waals surface area contributed by atoms with Crippen LogP contribution in [0.4, 0.5) is 0 Å². The second-order valence-corrected chi connectivity index (χ2v) is 1.67. The van der Waals surface area contributed by atoms with Crippen LogP contribution in [0.25, 0.3) is 0 Å². The molecule has 0 bridgehead atoms. The second-order valence-electron chi connectivity index (χ2n) is 1.67. The molecule has 0 aromatic rings. The van der Waals surface area contributed by atoms with Gasteiger partial charge in [0.25, 0.3) is 0 Å². The van der Waals surface area contributed by atoms with Crippen molar-refractivity contribution in [1.82, 2.24) is 0 Å². The molecule has 2 N–H and O–H groups in total. The Hall–Kier alpha value is -0.700. The van der Waals surface area contributed by atoms with E-state index in [1.54, 1.807) is 13.3 Å². The summed E-state index contributed by atoms with van der Waals surface area (Å²) in [4.78, 5) is 10.4. The fourth-order valence-electron chi connectivity index (χ4n) is 0.413. The summed E-state index contributed by atoms with van der Waals surface area (Å²) in [5.41, 5.74) is -0.0278. The van der Waals surface area contributed by atoms with Gasteiger partial charge in [-0.3, -0.25) is 4.79 Å². The van der Waals surface area contributed by atoms with Crippen molar-refractivity contribution >= 4 is 11.5 Å². The molecule has 0 fully saturated rings. The van der Waals surface area contributed by atoms with E-state index in [1.807, 2.05) is 0 Å². The highest BCUT2D eigenvalue weighted by atomic mass is 16.3. The summed E-state index contributed by atoms with van der Waals surface area (Å²) in [7, 11) is 0. The molecule has 0 saturated carbocycles. The SMILES string of the molecule is C[CH]CC(=N)C(=O)CO. The lowest BCUT2D eigenvalue weighted by atomic mass is 10.1. The first-order valence-corrected chi connectivity index (χ1v) is 2.71. The van der Waals surface area contributed by atoms with E-state index < -0.39 is 12.4 Å². The maximum Gasteiger partial charge on any atom is 0.201 e. The highest BCUT2D eigenvalue weighted by Gasteiger charge is 2.04. The van der Waals surface area contributed by atoms with E-state index in [1.165, 1.54) is 0 Å². The third-order valence-corrected chi connectivity index (χ3v) is 0.888. The number of nitrogens with one attached hydrogen (secondary N) is 1. The molecule has 0 rings (SSSR count). The average Bonchev–Trinajstić information content (AvgIpc) is 1.87. The Balaban J connectivity index is 3.60. The quantitative estimate of drug-likeness (QED) is 0.530. The predicted molar refractivity (Wildman–Crippen MR) is 34.4 cm³/mol. The lowest BCUT2D eigenvalue weighted by Gasteiger charge is -1.94. The van der Waals surface area contributed by atoms with Crippen molar-refractivity contribution in [3.05, 3.63) is 6.42 Å². The Labute approximate surface area is 54.2 Å². The van der Waals surface area contributed by atoms with Crippen LogP contribution in [0.15, 0.2) is 0 Å². The molecule has 0 unspecified atom stereocenters. The lowest BCUT2D eigenvalue weighted by molar-refractivity contribution is -0.115. The minimum Gasteiger partial charge on any atom is -0.388 e. The Morgan fingerprint density at radius 1 is 1.78 bits per heavy atom. The van der Waals surface area contributed by atoms with Crippen molar-refractivity contribution in [2.45, 2.75) is 13.3 Å². The van der Waals surface area contributed by atoms with Gasteiger partial charge in [-0.05, 0) is 12.8 Å². The van der Waals surface area contributed by atoms with Gasteiger partial charge in [0.05, 0.1) is 5.71 Å². The molecule has 3 heteroatoms. The molecule has 3 nitrogen and oxygen atoms in total. The topological polar surface area (TPSA) is 61.2 Å². The fourth-order valence-corrected chi connectivity index (χ4v) is 0.413. The van der Waals surface area contributed by atoms with Crippen molar-refractivity contribution in [2.24, 2.45) is 0 Å². The number of carbonyl (C=O) groups excluding carboxylic acids is 1. The molecule has 0 atom stereocenters. The van der Waals surface area contributed by atoms with E-state index in [0.29, 0.717) is 6.42 Å². The highest BCUT2D eigenvalue weighted by Crippen LogP contribution is 1.88. The van der Waals surface area contributed by atoms with Gasteiger partial charge in [0, 0.05) is 0 Å². The molecule has 0 saturated heterocycles. The Kier molecular flexibility index (Phi) is 3.88. The number of ketones is 1. The summed E-state index contributed by atoms with van der Waals surface area (Å²) in [6.45, 7) is 1.21. The van der Waals surface area contributed by atoms with E-state index >= 15 is 0 Å². The van der Waals surface area contributed by atoms with Crippen LogP contribution in [0.1, 0.15) is 13.3 Å². The van der Waals surface area contributed by atoms with Gasteiger partial charge in [-0.1, -0.05) is 6.92 Å². The van der Waals surface area contributed by atoms with Crippen molar-refractivity contribution in [3.8, 4) is 0 Å². The molecule has 0 spiro atoms. The fraction of sp³-hybridized carbons (Fsp3) is 0.500. The molecule has 0 heterocycles. The summed E-state index contributed by atoms with van der Waals surface area (Å²) in [6.07, 6.45) is 2.05. The number of Topliss-reactive ketones (excluding diaryl/α,β-unsaturated/α-hetero) is 1. The smallest absolute Gasteiger partial charge is 0.201 e. The van der Waals surface area contributed by atoms with Gasteiger partial charge in [0.15, 0.2) is 0 Å². The van der Waals surface area contributed by atoms with Crippen LogP contribution < -0.4 is 0 Å². The molecule has 1 radical (unpaired) electrons. The molecule has 0 aromatic heterocycles. The van der Waals surface area contributed by atoms with Crippen LogP contribution >= 0.6 is 0 Å². The first-order valence-electron chi connectivity index (χ1n) is 2.71. The van der Waals surface area contributed by atoms with Crippen LogP contribution in [-0.4, -0.2) is 23.2 Å². The zero-order valence-corrected chi connectivity index (χ0v) is 5.35. The van der Waals surface area contributed by atoms with Gasteiger partial charge in [0.2, 0.25) is 5.78 Å². The van der Waals surface area contributed by atoms with Crippen LogP contribution in [0.3, 0.4) is 0 Å². The number of aliphatic hydroxyl groups excluding tert-OH is 1. The third-order valence-electron chi connectivity index (χ3n) is 0.888. The van der Waals surface area contributed by atoms with Crippen molar-refractivity contribution in [1.29, 1.82) is 5.41 Å². The van der Waals surface area contributed by atoms with E-state index in [-0.39, 0.29) is 5.71 Å². The molecular formula is C6H10NO2. The van der Waals surface area contributed by atoms with E-state index in [0.717, 1.165) is 0 Å². The predicted octanol–water partition coefficient (Wildman–Crippen LogP) is 0.182. The molecule has 0 aliphatic carbocycles. The standard InChI is InChI=1S/C6H10NO2/c1-2-3-5(7)6(9)4-8/h2,7-8H,3-4H2,1H3. The van der Waals surface area contributed by atoms with Crippen LogP contribution in [-0.2, 0) is 4.79 Å². The molecule has 51 valence electrons. The van der Waals surface area contributed by atoms with Crippen molar-refractivity contribution in [2.75, 3.05) is 6.61 Å². The Bertz CT molecular complexity index is 120. The summed E-state index contributed by atoms with van der Waals surface area (Å²) in [5, 5.41) is 15.2. The van der Waals surface area contributed by atoms with Gasteiger partial charge in [-0.25, -0.2) is 0 Å². The molecule has 0 aliphatic rings. The average molecular weight is 128 g/mol. The van der Waals surface area contributed by atoms with Gasteiger partial charge in [0.1, 0.15) is 6.61 Å². The van der Waals surface area contributed by atoms with Crippen LogP contribution in [0.2, 0.25) is 0 Å². The summed E-state index contributed by atoms with van der Waals surface area (Å²) in [6, 6.07) is 0. The molecule has 0 amide bonds. The minimum absolute atomic E-state index is 0.0278. The first-order chi connectivity index (χ1) is 4.22. The van der Waals surface area contributed by atoms with Gasteiger partial charge >= 0.3 is 0 Å². The molecular weight excluding hydrogens is 118 g/mol. The summed E-state index contributed by atoms with van der Waals surface area (Å²) < 4.78 is 0. The van der Waals surface area contributed by atoms with Crippen molar-refractivity contribution in [3.63, 3.8) is 0 Å². The monoisotopic (exact) mass is 128 g/mol. The van der Waals surface area contributed by atoms with Gasteiger partial charge < -0.3 is 10.5 Å². The number of rotatable bonds is 4. The van der Waals surface area contributed by atoms with Crippen molar-refractivity contribution < 1.29 is 9.90 Å². The largest absolute Gasteiger partial charge is 0.388 e. The number of hydrogen-bond acceptors (Lipinski definition) is 3. The molecule has 0 aromatic carbocycles. The normalized spacial score (nSPS) is 9.11. The second kappa shape index (κ2) is 4.21. The third kappa shape index (κ3) is 2.98. The maximum atomic E-state index is 10.4. The lowest BCUT2D eigenvalue weighted by Crippen LogP contribution is -2.16. The highest BCUT2D eigenvalue weighted by molar-refractivity contribution is 6.39. The molecule has 0 aliphatic heterocycles. The van der Waals surface area contributed by atoms with E-state index in [9.17, 15) is 4.79 Å². The van der Waals surface area contributed by atoms with Crippen LogP contribution in [0, 0.1) is 11.8 Å². The van der Waals surface area contributed by atoms with Gasteiger partial charge in [-0.15, -0.1) is 0 Å². The van der Waals surface area contributed by atoms with E-state index in [4.69, 9.17) is 10.5 Å². The number of hydrogen-bond donors (Lipinski definition) is 2. The minimum atomic E-state index is -0.549. The first kappa shape index (κ1) is 8.30. The summed E-state index contributed by atoms with van der Waals surface area (Å²) in [5.74, 6) is -0.492. The molecule has 9 heavy (non-hydrogen) atoms. The Morgan fingerprint density at radius 3 is 2.67 bits per heavy atom. The number of carbonyl (C=O) groups is 1. The van der Waals surface area contributed by atoms with Gasteiger partial charge in [-0.2, -0.15) is 0 Å². The van der Waals surface area contributed by atoms with Crippen LogP contribution in [0.5, 0.6) is 0 Å². The maximum absolute atomic E-state index is 10.4. The summed E-state index contributed by atoms with van der Waals surface area (Å²) >= 11 is 0. The zero-order valence-electron chi connectivity index (χ0n) is 5.35.